The second-order valence-corrected chi connectivity index (χ2v) is 6.71. The standard InChI is InChI=1S/C15H18N6O6/c1-15(2)26-8-9(13(24)17-3-6(22)23)25-14(10(8)27-15)21-5-20-7-11(16)18-4-19-12(7)21/h4-5,8-10,14H,3H2,1-2H3,(H,17,24)(H,22,23)(H2,16,18,19). The highest BCUT2D eigenvalue weighted by molar-refractivity contribution is 5.85. The molecule has 0 saturated carbocycles. The third kappa shape index (κ3) is 2.97. The lowest BCUT2D eigenvalue weighted by atomic mass is 10.1. The fourth-order valence-corrected chi connectivity index (χ4v) is 3.33. The zero-order chi connectivity index (χ0) is 19.3. The average Bonchev–Trinajstić information content (AvgIpc) is 3.24. The topological polar surface area (TPSA) is 164 Å². The summed E-state index contributed by atoms with van der Waals surface area (Å²) in [5, 5.41) is 11.1. The van der Waals surface area contributed by atoms with Crippen molar-refractivity contribution in [3.63, 3.8) is 0 Å². The van der Waals surface area contributed by atoms with Gasteiger partial charge < -0.3 is 30.4 Å². The Hall–Kier alpha value is -2.83. The van der Waals surface area contributed by atoms with Gasteiger partial charge in [-0.05, 0) is 13.8 Å². The smallest absolute Gasteiger partial charge is 0.322 e. The van der Waals surface area contributed by atoms with E-state index in [1.54, 1.807) is 18.4 Å². The zero-order valence-electron chi connectivity index (χ0n) is 14.5. The molecule has 1 amide bonds. The Balaban J connectivity index is 1.67. The first-order chi connectivity index (χ1) is 12.8. The molecule has 0 radical (unpaired) electrons. The summed E-state index contributed by atoms with van der Waals surface area (Å²) in [5.41, 5.74) is 6.64. The van der Waals surface area contributed by atoms with Gasteiger partial charge in [-0.15, -0.1) is 0 Å². The number of nitrogens with two attached hydrogens (primary N) is 1. The average molecular weight is 378 g/mol. The van der Waals surface area contributed by atoms with Gasteiger partial charge in [-0.25, -0.2) is 15.0 Å². The van der Waals surface area contributed by atoms with Gasteiger partial charge in [-0.2, -0.15) is 0 Å². The van der Waals surface area contributed by atoms with Crippen molar-refractivity contribution in [1.29, 1.82) is 0 Å². The zero-order valence-corrected chi connectivity index (χ0v) is 14.5. The second-order valence-electron chi connectivity index (χ2n) is 6.71. The minimum Gasteiger partial charge on any atom is -0.480 e. The summed E-state index contributed by atoms with van der Waals surface area (Å²) >= 11 is 0. The lowest BCUT2D eigenvalue weighted by Crippen LogP contribution is -2.44. The van der Waals surface area contributed by atoms with Gasteiger partial charge >= 0.3 is 5.97 Å². The highest BCUT2D eigenvalue weighted by Crippen LogP contribution is 2.43. The molecule has 4 atom stereocenters. The fraction of sp³-hybridized carbons (Fsp3) is 0.533. The highest BCUT2D eigenvalue weighted by atomic mass is 16.8. The molecule has 2 fully saturated rings. The van der Waals surface area contributed by atoms with E-state index in [-0.39, 0.29) is 5.82 Å². The minimum absolute atomic E-state index is 0.216. The molecule has 4 unspecified atom stereocenters. The van der Waals surface area contributed by atoms with Crippen LogP contribution in [-0.2, 0) is 23.8 Å². The van der Waals surface area contributed by atoms with Crippen LogP contribution in [0.4, 0.5) is 5.82 Å². The molecule has 0 bridgehead atoms. The van der Waals surface area contributed by atoms with Crippen LogP contribution in [0.3, 0.4) is 0 Å². The lowest BCUT2D eigenvalue weighted by Gasteiger charge is -2.24. The normalized spacial score (nSPS) is 29.0. The number of fused-ring (bicyclic) bond motifs is 2. The van der Waals surface area contributed by atoms with E-state index in [4.69, 9.17) is 25.1 Å². The number of aromatic nitrogens is 4. The summed E-state index contributed by atoms with van der Waals surface area (Å²) in [7, 11) is 0. The maximum Gasteiger partial charge on any atom is 0.322 e. The molecule has 4 N–H and O–H groups in total. The van der Waals surface area contributed by atoms with Crippen molar-refractivity contribution in [1.82, 2.24) is 24.8 Å². The van der Waals surface area contributed by atoms with Crippen LogP contribution in [0.2, 0.25) is 0 Å². The monoisotopic (exact) mass is 378 g/mol. The third-order valence-corrected chi connectivity index (χ3v) is 4.36. The number of nitrogen functional groups attached to an aromatic ring is 1. The second kappa shape index (κ2) is 6.11. The molecule has 0 spiro atoms. The van der Waals surface area contributed by atoms with Crippen molar-refractivity contribution in [3.8, 4) is 0 Å². The number of imidazole rings is 1. The lowest BCUT2D eigenvalue weighted by molar-refractivity contribution is -0.197. The molecule has 2 aromatic rings. The van der Waals surface area contributed by atoms with Gasteiger partial charge in [-0.3, -0.25) is 14.2 Å². The number of carboxylic acids is 1. The predicted molar refractivity (Wildman–Crippen MR) is 88.1 cm³/mol. The molecule has 27 heavy (non-hydrogen) atoms. The summed E-state index contributed by atoms with van der Waals surface area (Å²) in [6.07, 6.45) is -0.405. The van der Waals surface area contributed by atoms with Crippen molar-refractivity contribution in [2.75, 3.05) is 12.3 Å². The number of hydrogen-bond acceptors (Lipinski definition) is 9. The van der Waals surface area contributed by atoms with Gasteiger partial charge in [-0.1, -0.05) is 0 Å². The molecule has 144 valence electrons. The fourth-order valence-electron chi connectivity index (χ4n) is 3.33. The van der Waals surface area contributed by atoms with Crippen LogP contribution in [0.1, 0.15) is 20.1 Å². The van der Waals surface area contributed by atoms with Gasteiger partial charge in [0.25, 0.3) is 5.91 Å². The Morgan fingerprint density at radius 3 is 2.78 bits per heavy atom. The van der Waals surface area contributed by atoms with Crippen LogP contribution in [0, 0.1) is 0 Å². The molecule has 2 aliphatic rings. The SMILES string of the molecule is CC1(C)OC2C(C(=O)NCC(=O)O)OC(n3cnc4c(N)ncnc43)C2O1. The van der Waals surface area contributed by atoms with Gasteiger partial charge in [0.15, 0.2) is 29.6 Å². The van der Waals surface area contributed by atoms with Gasteiger partial charge in [0, 0.05) is 0 Å². The van der Waals surface area contributed by atoms with Crippen molar-refractivity contribution in [2.45, 2.75) is 44.2 Å². The van der Waals surface area contributed by atoms with Crippen molar-refractivity contribution in [2.24, 2.45) is 0 Å². The number of carboxylic acid groups (broad SMARTS) is 1. The number of carbonyl (C=O) groups is 2. The van der Waals surface area contributed by atoms with Crippen LogP contribution < -0.4 is 11.1 Å². The van der Waals surface area contributed by atoms with E-state index in [1.165, 1.54) is 12.7 Å². The van der Waals surface area contributed by atoms with Crippen molar-refractivity contribution in [3.05, 3.63) is 12.7 Å². The maximum atomic E-state index is 12.4. The number of ether oxygens (including phenoxy) is 3. The Morgan fingerprint density at radius 2 is 2.04 bits per heavy atom. The summed E-state index contributed by atoms with van der Waals surface area (Å²) < 4.78 is 19.2. The molecule has 12 heteroatoms. The quantitative estimate of drug-likeness (QED) is 0.603. The highest BCUT2D eigenvalue weighted by Gasteiger charge is 2.58. The maximum absolute atomic E-state index is 12.4. The van der Waals surface area contributed by atoms with Crippen LogP contribution >= 0.6 is 0 Å². The Kier molecular flexibility index (Phi) is 3.98. The van der Waals surface area contributed by atoms with E-state index in [9.17, 15) is 9.59 Å². The summed E-state index contributed by atoms with van der Waals surface area (Å²) in [6.45, 7) is 2.92. The van der Waals surface area contributed by atoms with Crippen LogP contribution in [-0.4, -0.2) is 67.1 Å². The van der Waals surface area contributed by atoms with Gasteiger partial charge in [0.2, 0.25) is 0 Å². The first-order valence-corrected chi connectivity index (χ1v) is 8.20. The number of hydrogen-bond donors (Lipinski definition) is 3. The number of amides is 1. The van der Waals surface area contributed by atoms with E-state index >= 15 is 0 Å². The Bertz CT molecular complexity index is 913. The van der Waals surface area contributed by atoms with E-state index in [1.807, 2.05) is 0 Å². The molecule has 12 nitrogen and oxygen atoms in total. The van der Waals surface area contributed by atoms with E-state index < -0.39 is 48.7 Å². The molecular formula is C15H18N6O6. The molecule has 4 heterocycles. The van der Waals surface area contributed by atoms with Gasteiger partial charge in [0.1, 0.15) is 30.6 Å². The van der Waals surface area contributed by atoms with E-state index in [0.29, 0.717) is 11.2 Å². The first-order valence-electron chi connectivity index (χ1n) is 8.20. The molecule has 2 aromatic heterocycles. The summed E-state index contributed by atoms with van der Waals surface area (Å²) in [6, 6.07) is 0. The van der Waals surface area contributed by atoms with Crippen LogP contribution in [0.5, 0.6) is 0 Å². The number of nitrogens with zero attached hydrogens (tertiary/aromatic N) is 4. The largest absolute Gasteiger partial charge is 0.480 e. The number of nitrogens with one attached hydrogen (secondary N) is 1. The molecule has 2 saturated heterocycles. The number of aliphatic carboxylic acids is 1. The number of carbonyl (C=O) groups excluding carboxylic acids is 1. The number of anilines is 1. The Labute approximate surface area is 152 Å². The minimum atomic E-state index is -1.16. The van der Waals surface area contributed by atoms with E-state index in [2.05, 4.69) is 20.3 Å². The molecule has 4 rings (SSSR count). The van der Waals surface area contributed by atoms with Gasteiger partial charge in [0.05, 0.1) is 6.33 Å². The van der Waals surface area contributed by atoms with E-state index in [0.717, 1.165) is 0 Å². The number of rotatable bonds is 4. The summed E-state index contributed by atoms with van der Waals surface area (Å²) in [4.78, 5) is 35.4. The molecule has 2 aliphatic heterocycles. The molecule has 0 aromatic carbocycles. The van der Waals surface area contributed by atoms with Crippen LogP contribution in [0.25, 0.3) is 11.2 Å². The molecule has 0 aliphatic carbocycles. The first kappa shape index (κ1) is 17.6. The van der Waals surface area contributed by atoms with Crippen molar-refractivity contribution >= 4 is 28.9 Å². The van der Waals surface area contributed by atoms with Crippen LogP contribution in [0.15, 0.2) is 12.7 Å². The summed E-state index contributed by atoms with van der Waals surface area (Å²) in [5.74, 6) is -2.48. The predicted octanol–water partition coefficient (Wildman–Crippen LogP) is -0.973. The third-order valence-electron chi connectivity index (χ3n) is 4.36. The molecular weight excluding hydrogens is 360 g/mol. The van der Waals surface area contributed by atoms with Crippen molar-refractivity contribution < 1.29 is 28.9 Å². The Morgan fingerprint density at radius 1 is 1.30 bits per heavy atom.